The second kappa shape index (κ2) is 6.35. The van der Waals surface area contributed by atoms with E-state index in [0.29, 0.717) is 12.6 Å². The van der Waals surface area contributed by atoms with E-state index in [4.69, 9.17) is 4.74 Å². The molecule has 5 nitrogen and oxygen atoms in total. The highest BCUT2D eigenvalue weighted by atomic mass is 16.5. The molecule has 0 aromatic heterocycles. The first-order valence-corrected chi connectivity index (χ1v) is 7.66. The topological polar surface area (TPSA) is 44.8 Å². The molecule has 0 saturated carbocycles. The van der Waals surface area contributed by atoms with E-state index in [1.54, 1.807) is 7.11 Å². The number of amides is 2. The quantitative estimate of drug-likeness (QED) is 0.921. The molecule has 2 heterocycles. The lowest BCUT2D eigenvalue weighted by Crippen LogP contribution is -2.54. The highest BCUT2D eigenvalue weighted by Crippen LogP contribution is 2.21. The maximum atomic E-state index is 12.3. The van der Waals surface area contributed by atoms with Gasteiger partial charge in [0.15, 0.2) is 0 Å². The zero-order chi connectivity index (χ0) is 14.7. The summed E-state index contributed by atoms with van der Waals surface area (Å²) in [4.78, 5) is 16.8. The van der Waals surface area contributed by atoms with Gasteiger partial charge in [-0.05, 0) is 25.5 Å². The molecular formula is C16H23N3O2. The van der Waals surface area contributed by atoms with E-state index >= 15 is 0 Å². The maximum Gasteiger partial charge on any atom is 0.317 e. The van der Waals surface area contributed by atoms with E-state index in [0.717, 1.165) is 30.9 Å². The van der Waals surface area contributed by atoms with E-state index < -0.39 is 0 Å². The third-order valence-electron chi connectivity index (χ3n) is 4.50. The first-order valence-electron chi connectivity index (χ1n) is 7.66. The molecule has 2 fully saturated rings. The third-order valence-corrected chi connectivity index (χ3v) is 4.50. The molecule has 21 heavy (non-hydrogen) atoms. The van der Waals surface area contributed by atoms with Crippen LogP contribution in [-0.2, 0) is 6.54 Å². The molecule has 0 aliphatic carbocycles. The van der Waals surface area contributed by atoms with Crippen LogP contribution in [0.1, 0.15) is 18.4 Å². The Balaban J connectivity index is 1.54. The number of hydrogen-bond acceptors (Lipinski definition) is 3. The van der Waals surface area contributed by atoms with Crippen LogP contribution in [0.15, 0.2) is 24.3 Å². The van der Waals surface area contributed by atoms with Gasteiger partial charge in [-0.15, -0.1) is 0 Å². The molecule has 1 aromatic rings. The predicted octanol–water partition coefficient (Wildman–Crippen LogP) is 1.68. The molecule has 114 valence electrons. The zero-order valence-electron chi connectivity index (χ0n) is 12.5. The third kappa shape index (κ3) is 3.13. The number of nitrogens with one attached hydrogen (secondary N) is 1. The van der Waals surface area contributed by atoms with Crippen LogP contribution in [0.2, 0.25) is 0 Å². The lowest BCUT2D eigenvalue weighted by Gasteiger charge is -2.37. The molecule has 2 saturated heterocycles. The van der Waals surface area contributed by atoms with Crippen LogP contribution in [-0.4, -0.2) is 55.2 Å². The number of ether oxygens (including phenoxy) is 1. The fourth-order valence-corrected chi connectivity index (χ4v) is 3.31. The van der Waals surface area contributed by atoms with Crippen molar-refractivity contribution >= 4 is 6.03 Å². The summed E-state index contributed by atoms with van der Waals surface area (Å²) in [6, 6.07) is 8.39. The number of urea groups is 1. The average molecular weight is 289 g/mol. The van der Waals surface area contributed by atoms with Gasteiger partial charge in [-0.1, -0.05) is 18.2 Å². The van der Waals surface area contributed by atoms with Gasteiger partial charge in [-0.25, -0.2) is 4.79 Å². The summed E-state index contributed by atoms with van der Waals surface area (Å²) < 4.78 is 5.31. The minimum Gasteiger partial charge on any atom is -0.496 e. The number of piperazine rings is 1. The molecule has 0 unspecified atom stereocenters. The van der Waals surface area contributed by atoms with Gasteiger partial charge in [0, 0.05) is 37.8 Å². The molecule has 0 radical (unpaired) electrons. The summed E-state index contributed by atoms with van der Waals surface area (Å²) >= 11 is 0. The van der Waals surface area contributed by atoms with Gasteiger partial charge >= 0.3 is 6.03 Å². The van der Waals surface area contributed by atoms with Gasteiger partial charge < -0.3 is 15.0 Å². The molecule has 2 amide bonds. The largest absolute Gasteiger partial charge is 0.496 e. The van der Waals surface area contributed by atoms with E-state index in [9.17, 15) is 4.79 Å². The molecule has 2 aliphatic rings. The molecule has 1 atom stereocenters. The van der Waals surface area contributed by atoms with Gasteiger partial charge in [0.05, 0.1) is 7.11 Å². The lowest BCUT2D eigenvalue weighted by atomic mass is 10.1. The van der Waals surface area contributed by atoms with Crippen molar-refractivity contribution in [1.82, 2.24) is 15.1 Å². The Morgan fingerprint density at radius 3 is 3.05 bits per heavy atom. The number of carbonyl (C=O) groups excluding carboxylic acids is 1. The summed E-state index contributed by atoms with van der Waals surface area (Å²) in [6.07, 6.45) is 2.48. The molecule has 3 rings (SSSR count). The van der Waals surface area contributed by atoms with Crippen LogP contribution in [0.3, 0.4) is 0 Å². The highest BCUT2D eigenvalue weighted by Gasteiger charge is 2.32. The number of carbonyl (C=O) groups is 1. The molecule has 2 aliphatic heterocycles. The number of benzene rings is 1. The van der Waals surface area contributed by atoms with Gasteiger partial charge in [-0.3, -0.25) is 4.90 Å². The number of methoxy groups -OCH3 is 1. The van der Waals surface area contributed by atoms with Crippen molar-refractivity contribution in [2.45, 2.75) is 25.4 Å². The van der Waals surface area contributed by atoms with Crippen LogP contribution in [0.4, 0.5) is 4.79 Å². The first-order chi connectivity index (χ1) is 10.3. The van der Waals surface area contributed by atoms with E-state index in [1.165, 1.54) is 19.4 Å². The van der Waals surface area contributed by atoms with Crippen molar-refractivity contribution in [2.75, 3.05) is 33.3 Å². The monoisotopic (exact) mass is 289 g/mol. The molecular weight excluding hydrogens is 266 g/mol. The fraction of sp³-hybridized carbons (Fsp3) is 0.562. The summed E-state index contributed by atoms with van der Waals surface area (Å²) in [5.74, 6) is 0.818. The minimum atomic E-state index is 0.0347. The number of para-hydroxylation sites is 1. The van der Waals surface area contributed by atoms with Crippen molar-refractivity contribution in [1.29, 1.82) is 0 Å². The zero-order valence-corrected chi connectivity index (χ0v) is 12.5. The number of nitrogens with zero attached hydrogens (tertiary/aromatic N) is 2. The van der Waals surface area contributed by atoms with Gasteiger partial charge in [0.25, 0.3) is 0 Å². The van der Waals surface area contributed by atoms with Crippen molar-refractivity contribution in [2.24, 2.45) is 0 Å². The van der Waals surface area contributed by atoms with Crippen molar-refractivity contribution in [3.8, 4) is 5.75 Å². The van der Waals surface area contributed by atoms with Gasteiger partial charge in [0.1, 0.15) is 5.75 Å². The van der Waals surface area contributed by atoms with Crippen LogP contribution in [0, 0.1) is 0 Å². The highest BCUT2D eigenvalue weighted by molar-refractivity contribution is 5.74. The molecule has 0 spiro atoms. The number of fused-ring (bicyclic) bond motifs is 1. The van der Waals surface area contributed by atoms with Crippen molar-refractivity contribution < 1.29 is 9.53 Å². The Labute approximate surface area is 125 Å². The normalized spacial score (nSPS) is 22.0. The second-order valence-corrected chi connectivity index (χ2v) is 5.75. The second-order valence-electron chi connectivity index (χ2n) is 5.75. The van der Waals surface area contributed by atoms with E-state index in [2.05, 4.69) is 10.2 Å². The Morgan fingerprint density at radius 2 is 2.19 bits per heavy atom. The average Bonchev–Trinajstić information content (AvgIpc) is 3.00. The van der Waals surface area contributed by atoms with Crippen molar-refractivity contribution in [3.63, 3.8) is 0 Å². The van der Waals surface area contributed by atoms with Gasteiger partial charge in [-0.2, -0.15) is 0 Å². The van der Waals surface area contributed by atoms with Crippen LogP contribution < -0.4 is 10.1 Å². The standard InChI is InChI=1S/C16H23N3O2/c1-21-15-7-3-2-5-13(15)11-17-16(20)19-10-9-18-8-4-6-14(18)12-19/h2-3,5,7,14H,4,6,8-12H2,1H3,(H,17,20)/t14-/m1/s1. The van der Waals surface area contributed by atoms with Crippen LogP contribution in [0.5, 0.6) is 5.75 Å². The van der Waals surface area contributed by atoms with Crippen LogP contribution >= 0.6 is 0 Å². The Morgan fingerprint density at radius 1 is 1.33 bits per heavy atom. The van der Waals surface area contributed by atoms with Crippen molar-refractivity contribution in [3.05, 3.63) is 29.8 Å². The lowest BCUT2D eigenvalue weighted by molar-refractivity contribution is 0.117. The Kier molecular flexibility index (Phi) is 4.29. The minimum absolute atomic E-state index is 0.0347. The fourth-order valence-electron chi connectivity index (χ4n) is 3.31. The summed E-state index contributed by atoms with van der Waals surface area (Å²) in [7, 11) is 1.65. The predicted molar refractivity (Wildman–Crippen MR) is 81.4 cm³/mol. The molecule has 0 bridgehead atoms. The molecule has 1 aromatic carbocycles. The summed E-state index contributed by atoms with van der Waals surface area (Å²) in [5, 5.41) is 3.01. The maximum absolute atomic E-state index is 12.3. The Bertz CT molecular complexity index is 506. The summed E-state index contributed by atoms with van der Waals surface area (Å²) in [6.45, 7) is 4.40. The van der Waals surface area contributed by atoms with Crippen LogP contribution in [0.25, 0.3) is 0 Å². The smallest absolute Gasteiger partial charge is 0.317 e. The molecule has 5 heteroatoms. The van der Waals surface area contributed by atoms with E-state index in [1.807, 2.05) is 29.2 Å². The SMILES string of the molecule is COc1ccccc1CNC(=O)N1CCN2CCC[C@@H]2C1. The van der Waals surface area contributed by atoms with Gasteiger partial charge in [0.2, 0.25) is 0 Å². The van der Waals surface area contributed by atoms with E-state index in [-0.39, 0.29) is 6.03 Å². The number of hydrogen-bond donors (Lipinski definition) is 1. The Hall–Kier alpha value is -1.75. The summed E-state index contributed by atoms with van der Waals surface area (Å²) in [5.41, 5.74) is 1.01. The number of rotatable bonds is 3. The molecule has 1 N–H and O–H groups in total. The first kappa shape index (κ1) is 14.2.